The predicted octanol–water partition coefficient (Wildman–Crippen LogP) is 7.65. The van der Waals surface area contributed by atoms with Crippen LogP contribution in [-0.4, -0.2) is 14.0 Å². The van der Waals surface area contributed by atoms with Gasteiger partial charge in [0, 0.05) is 42.5 Å². The van der Waals surface area contributed by atoms with Crippen LogP contribution in [0.25, 0.3) is 32.7 Å². The van der Waals surface area contributed by atoms with Crippen molar-refractivity contribution in [3.05, 3.63) is 118 Å². The molecule has 2 aliphatic rings. The molecule has 0 fully saturated rings. The summed E-state index contributed by atoms with van der Waals surface area (Å²) in [5.41, 5.74) is 9.41. The van der Waals surface area contributed by atoms with Crippen molar-refractivity contribution in [2.45, 2.75) is 0 Å². The molecule has 0 saturated carbocycles. The lowest BCUT2D eigenvalue weighted by molar-refractivity contribution is 1.57. The third kappa shape index (κ3) is 3.89. The van der Waals surface area contributed by atoms with E-state index in [1.807, 2.05) is 0 Å². The van der Waals surface area contributed by atoms with E-state index in [4.69, 9.17) is 0 Å². The molecule has 8 heteroatoms. The van der Waals surface area contributed by atoms with Crippen molar-refractivity contribution >= 4 is 101 Å². The molecule has 4 N–H and O–H groups in total. The monoisotopic (exact) mass is 642 g/mol. The first-order valence-corrected chi connectivity index (χ1v) is 14.9. The molecule has 2 aliphatic heterocycles. The van der Waals surface area contributed by atoms with Gasteiger partial charge in [-0.15, -0.1) is 0 Å². The lowest BCUT2D eigenvalue weighted by atomic mass is 9.66. The number of hydrogen-bond donors (Lipinski definition) is 4. The Morgan fingerprint density at radius 1 is 0.400 bits per heavy atom. The molecule has 2 heterocycles. The minimum Gasteiger partial charge on any atom is -0.405 e. The number of rotatable bonds is 3. The van der Waals surface area contributed by atoms with Crippen LogP contribution < -0.4 is 31.8 Å². The Labute approximate surface area is 250 Å². The van der Waals surface area contributed by atoms with Gasteiger partial charge in [-0.1, -0.05) is 92.5 Å². The smallest absolute Gasteiger partial charge is 0.405 e. The van der Waals surface area contributed by atoms with Crippen LogP contribution >= 0.6 is 31.9 Å². The van der Waals surface area contributed by atoms with Crippen molar-refractivity contribution in [1.82, 2.24) is 0 Å². The second-order valence-corrected chi connectivity index (χ2v) is 12.2. The van der Waals surface area contributed by atoms with E-state index in [9.17, 15) is 0 Å². The van der Waals surface area contributed by atoms with E-state index in [0.717, 1.165) is 31.7 Å². The maximum absolute atomic E-state index is 3.72. The van der Waals surface area contributed by atoms with E-state index in [1.165, 1.54) is 43.6 Å². The summed E-state index contributed by atoms with van der Waals surface area (Å²) in [6.45, 7) is 0.0156. The van der Waals surface area contributed by atoms with Crippen molar-refractivity contribution in [1.29, 1.82) is 0 Å². The molecular weight excluding hydrogens is 622 g/mol. The van der Waals surface area contributed by atoms with E-state index >= 15 is 0 Å². The van der Waals surface area contributed by atoms with Gasteiger partial charge < -0.3 is 20.9 Å². The molecule has 0 bridgehead atoms. The summed E-state index contributed by atoms with van der Waals surface area (Å²) in [7, 11) is 0. The van der Waals surface area contributed by atoms with Gasteiger partial charge in [0.15, 0.2) is 0 Å². The predicted molar refractivity (Wildman–Crippen MR) is 180 cm³/mol. The molecule has 6 aromatic rings. The first-order chi connectivity index (χ1) is 19.6. The zero-order chi connectivity index (χ0) is 26.8. The van der Waals surface area contributed by atoms with Crippen LogP contribution in [0.4, 0.5) is 22.7 Å². The maximum atomic E-state index is 3.72. The fourth-order valence-electron chi connectivity index (χ4n) is 6.10. The molecule has 0 aliphatic carbocycles. The van der Waals surface area contributed by atoms with Gasteiger partial charge in [0.1, 0.15) is 0 Å². The molecule has 190 valence electrons. The Morgan fingerprint density at radius 3 is 1.18 bits per heavy atom. The topological polar surface area (TPSA) is 48.1 Å². The Morgan fingerprint density at radius 2 is 0.775 bits per heavy atom. The Balaban J connectivity index is 1.22. The van der Waals surface area contributed by atoms with Gasteiger partial charge in [-0.3, -0.25) is 0 Å². The van der Waals surface area contributed by atoms with Gasteiger partial charge in [0.25, 0.3) is 0 Å². The summed E-state index contributed by atoms with van der Waals surface area (Å²) in [4.78, 5) is 0. The standard InChI is InChI=1S/C32H22B2Br2N4/c35-21-11-7-19(8-12-21)33-37-27-5-1-3-25-23(15-17-29(39-33)31(25)27)24-16-18-30-32-26(24)4-2-6-28(32)38-34(40-30)20-9-13-22(36)14-10-20/h1-18,37-40H. The molecule has 0 aromatic heterocycles. The average Bonchev–Trinajstić information content (AvgIpc) is 2.99. The van der Waals surface area contributed by atoms with E-state index in [-0.39, 0.29) is 14.0 Å². The van der Waals surface area contributed by atoms with Crippen molar-refractivity contribution in [2.24, 2.45) is 0 Å². The summed E-state index contributed by atoms with van der Waals surface area (Å²) >= 11 is 7.10. The summed E-state index contributed by atoms with van der Waals surface area (Å²) in [6, 6.07) is 39.0. The largest absolute Gasteiger partial charge is 0.406 e. The van der Waals surface area contributed by atoms with Crippen molar-refractivity contribution < 1.29 is 0 Å². The number of halogens is 2. The van der Waals surface area contributed by atoms with E-state index < -0.39 is 0 Å². The summed E-state index contributed by atoms with van der Waals surface area (Å²) in [5, 5.41) is 19.8. The van der Waals surface area contributed by atoms with Crippen LogP contribution in [0.5, 0.6) is 0 Å². The molecule has 0 unspecified atom stereocenters. The van der Waals surface area contributed by atoms with Gasteiger partial charge in [-0.2, -0.15) is 0 Å². The van der Waals surface area contributed by atoms with E-state index in [2.05, 4.69) is 162 Å². The highest BCUT2D eigenvalue weighted by Gasteiger charge is 2.28. The molecule has 0 atom stereocenters. The number of nitrogens with one attached hydrogen (secondary N) is 4. The second kappa shape index (κ2) is 9.36. The zero-order valence-corrected chi connectivity index (χ0v) is 24.5. The van der Waals surface area contributed by atoms with Gasteiger partial charge in [-0.05, 0) is 81.4 Å². The normalized spacial score (nSPS) is 13.4. The van der Waals surface area contributed by atoms with Crippen LogP contribution in [0.1, 0.15) is 0 Å². The lowest BCUT2D eigenvalue weighted by Crippen LogP contribution is -2.47. The zero-order valence-electron chi connectivity index (χ0n) is 21.3. The van der Waals surface area contributed by atoms with Crippen LogP contribution in [0, 0.1) is 0 Å². The van der Waals surface area contributed by atoms with Crippen molar-refractivity contribution in [2.75, 3.05) is 20.9 Å². The Bertz CT molecular complexity index is 1780. The van der Waals surface area contributed by atoms with Gasteiger partial charge in [0.2, 0.25) is 0 Å². The van der Waals surface area contributed by atoms with Gasteiger partial charge in [-0.25, -0.2) is 0 Å². The number of benzene rings is 6. The van der Waals surface area contributed by atoms with E-state index in [1.54, 1.807) is 0 Å². The highest BCUT2D eigenvalue weighted by atomic mass is 79.9. The van der Waals surface area contributed by atoms with Gasteiger partial charge in [0.05, 0.1) is 0 Å². The molecule has 4 nitrogen and oxygen atoms in total. The lowest BCUT2D eigenvalue weighted by Gasteiger charge is -2.29. The molecule has 6 aromatic carbocycles. The third-order valence-corrected chi connectivity index (χ3v) is 9.03. The van der Waals surface area contributed by atoms with Crippen LogP contribution in [0.15, 0.2) is 118 Å². The van der Waals surface area contributed by atoms with Gasteiger partial charge >= 0.3 is 14.0 Å². The van der Waals surface area contributed by atoms with Crippen LogP contribution in [0.3, 0.4) is 0 Å². The SMILES string of the molecule is Brc1ccc(B2Nc3cccc4c(-c5ccc6c7c(cccc57)NB(c5ccc(Br)cc5)N6)ccc(c34)N2)cc1. The Hall–Kier alpha value is -3.87. The molecule has 0 saturated heterocycles. The number of anilines is 4. The molecule has 0 spiro atoms. The molecule has 0 amide bonds. The summed E-state index contributed by atoms with van der Waals surface area (Å²) in [5.74, 6) is 0. The Kier molecular flexibility index (Phi) is 5.61. The fourth-order valence-corrected chi connectivity index (χ4v) is 6.63. The maximum Gasteiger partial charge on any atom is 0.406 e. The minimum atomic E-state index is 0.00778. The van der Waals surface area contributed by atoms with Crippen LogP contribution in [0.2, 0.25) is 0 Å². The van der Waals surface area contributed by atoms with Crippen molar-refractivity contribution in [3.8, 4) is 11.1 Å². The fraction of sp³-hybridized carbons (Fsp3) is 0. The molecule has 8 rings (SSSR count). The first-order valence-electron chi connectivity index (χ1n) is 13.3. The van der Waals surface area contributed by atoms with Crippen molar-refractivity contribution in [3.63, 3.8) is 0 Å². The summed E-state index contributed by atoms with van der Waals surface area (Å²) in [6.07, 6.45) is 0. The first kappa shape index (κ1) is 24.0. The third-order valence-electron chi connectivity index (χ3n) is 7.98. The quantitative estimate of drug-likeness (QED) is 0.150. The highest BCUT2D eigenvalue weighted by Crippen LogP contribution is 2.44. The van der Waals surface area contributed by atoms with E-state index in [0.29, 0.717) is 0 Å². The second-order valence-electron chi connectivity index (χ2n) is 10.3. The summed E-state index contributed by atoms with van der Waals surface area (Å²) < 4.78 is 2.16. The average molecular weight is 644 g/mol. The van der Waals surface area contributed by atoms with Crippen LogP contribution in [-0.2, 0) is 0 Å². The highest BCUT2D eigenvalue weighted by molar-refractivity contribution is 9.10. The molecule has 0 radical (unpaired) electrons. The minimum absolute atomic E-state index is 0.00778. The molecular formula is C32H22B2Br2N4. The molecule has 40 heavy (non-hydrogen) atoms. The number of hydrogen-bond acceptors (Lipinski definition) is 4.